The molecule has 0 aromatic carbocycles. The van der Waals surface area contributed by atoms with Gasteiger partial charge in [-0.05, 0) is 44.2 Å². The van der Waals surface area contributed by atoms with Gasteiger partial charge in [0.15, 0.2) is 0 Å². The number of hydrogen-bond donors (Lipinski definition) is 1. The van der Waals surface area contributed by atoms with Gasteiger partial charge in [-0.3, -0.25) is 9.59 Å². The Hall–Kier alpha value is -1.91. The van der Waals surface area contributed by atoms with Crippen molar-refractivity contribution in [1.29, 1.82) is 0 Å². The minimum atomic E-state index is -0.743. The van der Waals surface area contributed by atoms with E-state index in [1.54, 1.807) is 6.07 Å². The molecule has 1 aliphatic rings. The number of nitrogens with zero attached hydrogens (tertiary/aromatic N) is 2. The van der Waals surface area contributed by atoms with Crippen LogP contribution in [0.5, 0.6) is 0 Å². The third-order valence-corrected chi connectivity index (χ3v) is 3.78. The number of pyridine rings is 1. The third kappa shape index (κ3) is 3.79. The fraction of sp³-hybridized carbons (Fsp3) is 0.533. The average Bonchev–Trinajstić information content (AvgIpc) is 2.45. The number of hydrogen-bond acceptors (Lipinski definition) is 3. The number of aliphatic carboxylic acids is 1. The van der Waals surface area contributed by atoms with Gasteiger partial charge < -0.3 is 10.0 Å². The first-order chi connectivity index (χ1) is 9.56. The molecule has 0 radical (unpaired) electrons. The summed E-state index contributed by atoms with van der Waals surface area (Å²) in [6.45, 7) is 3.26. The number of aromatic nitrogens is 1. The molecule has 2 heterocycles. The zero-order valence-electron chi connectivity index (χ0n) is 11.7. The first kappa shape index (κ1) is 14.5. The van der Waals surface area contributed by atoms with Gasteiger partial charge in [-0.25, -0.2) is 4.98 Å². The summed E-state index contributed by atoms with van der Waals surface area (Å²) in [5.74, 6) is -0.349. The van der Waals surface area contributed by atoms with Crippen LogP contribution in [0.15, 0.2) is 18.2 Å². The molecular formula is C15H20N2O3. The number of amides is 1. The molecule has 1 saturated heterocycles. The van der Waals surface area contributed by atoms with Gasteiger partial charge in [-0.2, -0.15) is 0 Å². The predicted molar refractivity (Wildman–Crippen MR) is 74.5 cm³/mol. The van der Waals surface area contributed by atoms with Crippen LogP contribution in [-0.4, -0.2) is 40.0 Å². The van der Waals surface area contributed by atoms with Crippen LogP contribution in [-0.2, 0) is 4.79 Å². The number of carboxylic acid groups (broad SMARTS) is 1. The van der Waals surface area contributed by atoms with Gasteiger partial charge in [0.2, 0.25) is 0 Å². The molecule has 0 unspecified atom stereocenters. The second-order valence-electron chi connectivity index (χ2n) is 5.33. The van der Waals surface area contributed by atoms with Crippen molar-refractivity contribution in [3.05, 3.63) is 29.6 Å². The van der Waals surface area contributed by atoms with E-state index in [2.05, 4.69) is 4.98 Å². The van der Waals surface area contributed by atoms with E-state index < -0.39 is 5.97 Å². The Kier molecular flexibility index (Phi) is 4.71. The van der Waals surface area contributed by atoms with E-state index in [1.807, 2.05) is 24.0 Å². The second-order valence-corrected chi connectivity index (χ2v) is 5.33. The van der Waals surface area contributed by atoms with E-state index in [4.69, 9.17) is 5.11 Å². The van der Waals surface area contributed by atoms with Crippen LogP contribution in [0.3, 0.4) is 0 Å². The third-order valence-electron chi connectivity index (χ3n) is 3.78. The van der Waals surface area contributed by atoms with E-state index >= 15 is 0 Å². The summed E-state index contributed by atoms with van der Waals surface area (Å²) in [4.78, 5) is 28.9. The number of piperidine rings is 1. The summed E-state index contributed by atoms with van der Waals surface area (Å²) in [6, 6.07) is 5.45. The van der Waals surface area contributed by atoms with Crippen molar-refractivity contribution in [3.63, 3.8) is 0 Å². The molecule has 1 amide bonds. The van der Waals surface area contributed by atoms with Crippen molar-refractivity contribution in [3.8, 4) is 0 Å². The molecule has 0 bridgehead atoms. The molecule has 1 aromatic heterocycles. The molecular weight excluding hydrogens is 256 g/mol. The second kappa shape index (κ2) is 6.50. The summed E-state index contributed by atoms with van der Waals surface area (Å²) >= 11 is 0. The average molecular weight is 276 g/mol. The number of carboxylic acids is 1. The highest BCUT2D eigenvalue weighted by Crippen LogP contribution is 2.22. The lowest BCUT2D eigenvalue weighted by molar-refractivity contribution is -0.137. The van der Waals surface area contributed by atoms with Crippen LogP contribution < -0.4 is 0 Å². The van der Waals surface area contributed by atoms with Crippen molar-refractivity contribution >= 4 is 11.9 Å². The van der Waals surface area contributed by atoms with Gasteiger partial charge in [0, 0.05) is 25.2 Å². The Morgan fingerprint density at radius 2 is 2.05 bits per heavy atom. The van der Waals surface area contributed by atoms with E-state index in [1.165, 1.54) is 0 Å². The first-order valence-corrected chi connectivity index (χ1v) is 7.01. The quantitative estimate of drug-likeness (QED) is 0.914. The molecule has 0 spiro atoms. The Labute approximate surface area is 118 Å². The molecule has 1 aliphatic heterocycles. The number of likely N-dealkylation sites (tertiary alicyclic amines) is 1. The maximum atomic E-state index is 12.3. The van der Waals surface area contributed by atoms with Gasteiger partial charge in [-0.1, -0.05) is 6.07 Å². The Morgan fingerprint density at radius 1 is 1.35 bits per heavy atom. The highest BCUT2D eigenvalue weighted by molar-refractivity contribution is 5.92. The fourth-order valence-corrected chi connectivity index (χ4v) is 2.58. The SMILES string of the molecule is Cc1cccc(C(=O)N2CCC(CCC(=O)O)CC2)n1. The van der Waals surface area contributed by atoms with E-state index in [0.29, 0.717) is 31.1 Å². The molecule has 108 valence electrons. The number of carbonyl (C=O) groups is 2. The monoisotopic (exact) mass is 276 g/mol. The summed E-state index contributed by atoms with van der Waals surface area (Å²) in [6.07, 6.45) is 2.69. The van der Waals surface area contributed by atoms with Crippen LogP contribution in [0.1, 0.15) is 41.9 Å². The summed E-state index contributed by atoms with van der Waals surface area (Å²) in [5.41, 5.74) is 1.33. The molecule has 1 fully saturated rings. The molecule has 1 N–H and O–H groups in total. The van der Waals surface area contributed by atoms with Crippen LogP contribution in [0.2, 0.25) is 0 Å². The summed E-state index contributed by atoms with van der Waals surface area (Å²) in [7, 11) is 0. The van der Waals surface area contributed by atoms with Crippen LogP contribution >= 0.6 is 0 Å². The standard InChI is InChI=1S/C15H20N2O3/c1-11-3-2-4-13(16-11)15(20)17-9-7-12(8-10-17)5-6-14(18)19/h2-4,12H,5-10H2,1H3,(H,18,19). The largest absolute Gasteiger partial charge is 0.481 e. The molecule has 5 heteroatoms. The maximum absolute atomic E-state index is 12.3. The van der Waals surface area contributed by atoms with Crippen molar-refractivity contribution in [1.82, 2.24) is 9.88 Å². The van der Waals surface area contributed by atoms with Gasteiger partial charge in [0.05, 0.1) is 0 Å². The highest BCUT2D eigenvalue weighted by Gasteiger charge is 2.24. The zero-order chi connectivity index (χ0) is 14.5. The molecule has 20 heavy (non-hydrogen) atoms. The summed E-state index contributed by atoms with van der Waals surface area (Å²) < 4.78 is 0. The van der Waals surface area contributed by atoms with Crippen LogP contribution in [0.4, 0.5) is 0 Å². The summed E-state index contributed by atoms with van der Waals surface area (Å²) in [5, 5.41) is 8.69. The maximum Gasteiger partial charge on any atom is 0.303 e. The van der Waals surface area contributed by atoms with Crippen molar-refractivity contribution in [2.75, 3.05) is 13.1 Å². The Morgan fingerprint density at radius 3 is 2.65 bits per heavy atom. The van der Waals surface area contributed by atoms with Crippen molar-refractivity contribution < 1.29 is 14.7 Å². The molecule has 1 aromatic rings. The topological polar surface area (TPSA) is 70.5 Å². The predicted octanol–water partition coefficient (Wildman–Crippen LogP) is 2.11. The number of aryl methyl sites for hydroxylation is 1. The molecule has 0 atom stereocenters. The lowest BCUT2D eigenvalue weighted by Crippen LogP contribution is -2.39. The van der Waals surface area contributed by atoms with Crippen molar-refractivity contribution in [2.24, 2.45) is 5.92 Å². The smallest absolute Gasteiger partial charge is 0.303 e. The number of rotatable bonds is 4. The Balaban J connectivity index is 1.87. The molecule has 5 nitrogen and oxygen atoms in total. The Bertz CT molecular complexity index is 494. The minimum absolute atomic E-state index is 0.0228. The zero-order valence-corrected chi connectivity index (χ0v) is 11.7. The van der Waals surface area contributed by atoms with Gasteiger partial charge in [-0.15, -0.1) is 0 Å². The van der Waals surface area contributed by atoms with Gasteiger partial charge in [0.1, 0.15) is 5.69 Å². The van der Waals surface area contributed by atoms with Gasteiger partial charge >= 0.3 is 5.97 Å². The normalized spacial score (nSPS) is 16.1. The highest BCUT2D eigenvalue weighted by atomic mass is 16.4. The molecule has 2 rings (SSSR count). The first-order valence-electron chi connectivity index (χ1n) is 7.01. The van der Waals surface area contributed by atoms with Crippen molar-refractivity contribution in [2.45, 2.75) is 32.6 Å². The molecule has 0 aliphatic carbocycles. The minimum Gasteiger partial charge on any atom is -0.481 e. The van der Waals surface area contributed by atoms with Crippen LogP contribution in [0.25, 0.3) is 0 Å². The lowest BCUT2D eigenvalue weighted by Gasteiger charge is -2.31. The lowest BCUT2D eigenvalue weighted by atomic mass is 9.92. The fourth-order valence-electron chi connectivity index (χ4n) is 2.58. The van der Waals surface area contributed by atoms with Crippen LogP contribution in [0, 0.1) is 12.8 Å². The van der Waals surface area contributed by atoms with E-state index in [0.717, 1.165) is 18.5 Å². The van der Waals surface area contributed by atoms with E-state index in [9.17, 15) is 9.59 Å². The molecule has 0 saturated carbocycles. The number of carbonyl (C=O) groups excluding carboxylic acids is 1. The van der Waals surface area contributed by atoms with Gasteiger partial charge in [0.25, 0.3) is 5.91 Å². The van der Waals surface area contributed by atoms with E-state index in [-0.39, 0.29) is 12.3 Å².